The molecule has 0 aliphatic carbocycles. The van der Waals surface area contributed by atoms with Crippen LogP contribution < -0.4 is 10.0 Å². The zero-order valence-corrected chi connectivity index (χ0v) is 22.1. The van der Waals surface area contributed by atoms with E-state index in [9.17, 15) is 21.6 Å². The molecule has 0 aliphatic heterocycles. The molecule has 0 aliphatic rings. The van der Waals surface area contributed by atoms with E-state index in [-0.39, 0.29) is 16.5 Å². The summed E-state index contributed by atoms with van der Waals surface area (Å²) < 4.78 is 63.2. The highest BCUT2D eigenvalue weighted by atomic mass is 35.5. The zero-order chi connectivity index (χ0) is 27.9. The first kappa shape index (κ1) is 29.3. The number of thiazole rings is 1. The van der Waals surface area contributed by atoms with Gasteiger partial charge in [-0.1, -0.05) is 35.9 Å². The van der Waals surface area contributed by atoms with Crippen LogP contribution in [0.25, 0.3) is 10.2 Å². The Morgan fingerprint density at radius 3 is 2.58 bits per heavy atom. The number of nitrogens with one attached hydrogen (secondary N) is 2. The number of alkyl halides is 3. The lowest BCUT2D eigenvalue weighted by atomic mass is 10.1. The van der Waals surface area contributed by atoms with Gasteiger partial charge in [0, 0.05) is 25.1 Å². The van der Waals surface area contributed by atoms with Crippen molar-refractivity contribution in [2.24, 2.45) is 0 Å². The molecule has 0 spiro atoms. The minimum atomic E-state index is -5.08. The van der Waals surface area contributed by atoms with Crippen LogP contribution >= 0.6 is 22.9 Å². The number of carbonyl (C=O) groups is 1. The Bertz CT molecular complexity index is 1490. The van der Waals surface area contributed by atoms with E-state index in [4.69, 9.17) is 21.5 Å². The van der Waals surface area contributed by atoms with Crippen molar-refractivity contribution in [3.05, 3.63) is 65.2 Å². The molecule has 0 saturated carbocycles. The predicted octanol–water partition coefficient (Wildman–Crippen LogP) is 4.33. The van der Waals surface area contributed by atoms with E-state index >= 15 is 0 Å². The molecule has 204 valence electrons. The van der Waals surface area contributed by atoms with Gasteiger partial charge in [0.2, 0.25) is 10.0 Å². The molecule has 3 N–H and O–H groups in total. The third-order valence-corrected chi connectivity index (χ3v) is 7.83. The van der Waals surface area contributed by atoms with Gasteiger partial charge in [-0.15, -0.1) is 0 Å². The van der Waals surface area contributed by atoms with Gasteiger partial charge in [-0.05, 0) is 36.2 Å². The number of aromatic nitrogens is 4. The summed E-state index contributed by atoms with van der Waals surface area (Å²) in [5.41, 5.74) is 2.03. The molecule has 3 aromatic heterocycles. The van der Waals surface area contributed by atoms with Gasteiger partial charge in [-0.25, -0.2) is 22.9 Å². The van der Waals surface area contributed by atoms with Crippen molar-refractivity contribution in [1.29, 1.82) is 0 Å². The maximum Gasteiger partial charge on any atom is 0.490 e. The second kappa shape index (κ2) is 12.5. The van der Waals surface area contributed by atoms with Crippen LogP contribution in [0, 0.1) is 0 Å². The first-order valence-corrected chi connectivity index (χ1v) is 13.6. The number of carboxylic acid groups (broad SMARTS) is 1. The van der Waals surface area contributed by atoms with Crippen LogP contribution in [0.2, 0.25) is 5.02 Å². The van der Waals surface area contributed by atoms with Crippen molar-refractivity contribution < 1.29 is 31.5 Å². The van der Waals surface area contributed by atoms with Crippen LogP contribution in [0.5, 0.6) is 0 Å². The van der Waals surface area contributed by atoms with E-state index in [1.807, 2.05) is 31.3 Å². The maximum atomic E-state index is 13.1. The number of aliphatic carboxylic acids is 1. The summed E-state index contributed by atoms with van der Waals surface area (Å²) >= 11 is 7.69. The highest BCUT2D eigenvalue weighted by molar-refractivity contribution is 7.89. The molecule has 0 radical (unpaired) electrons. The van der Waals surface area contributed by atoms with Crippen molar-refractivity contribution >= 4 is 54.3 Å². The van der Waals surface area contributed by atoms with Gasteiger partial charge in [0.15, 0.2) is 5.13 Å². The molecule has 4 rings (SSSR count). The largest absolute Gasteiger partial charge is 0.490 e. The lowest BCUT2D eigenvalue weighted by Crippen LogP contribution is -2.25. The van der Waals surface area contributed by atoms with E-state index in [1.165, 1.54) is 11.3 Å². The molecule has 0 saturated heterocycles. The minimum absolute atomic E-state index is 0.0166. The molecule has 0 fully saturated rings. The van der Waals surface area contributed by atoms with Crippen molar-refractivity contribution in [3.8, 4) is 0 Å². The number of carboxylic acids is 1. The Hall–Kier alpha value is -3.27. The number of hydrogen-bond donors (Lipinski definition) is 3. The molecular weight excluding hydrogens is 569 g/mol. The van der Waals surface area contributed by atoms with Gasteiger partial charge in [0.05, 0.1) is 28.5 Å². The first-order valence-electron chi connectivity index (χ1n) is 10.9. The fourth-order valence-electron chi connectivity index (χ4n) is 3.17. The Morgan fingerprint density at radius 2 is 1.95 bits per heavy atom. The average Bonchev–Trinajstić information content (AvgIpc) is 3.52. The fourth-order valence-corrected chi connectivity index (χ4v) is 5.80. The Balaban J connectivity index is 0.000000505. The van der Waals surface area contributed by atoms with Crippen LogP contribution in [0.4, 0.5) is 18.3 Å². The van der Waals surface area contributed by atoms with Crippen LogP contribution in [-0.4, -0.2) is 52.0 Å². The number of anilines is 1. The van der Waals surface area contributed by atoms with Gasteiger partial charge in [-0.2, -0.15) is 18.3 Å². The standard InChI is InChI=1S/C20H21ClN6O2S2.C2HF3O2/c1-2-14-5-3-8-22-16(14)13-25-31(28,29)19-15(21)6-7-17-18(19)26-20(30-17)23-10-12-27-11-4-9-24-27;3-2(4,5)1(6)7/h3-9,11,25H,2,10,12-13H2,1H3,(H,23,26);(H,6,7). The van der Waals surface area contributed by atoms with Gasteiger partial charge >= 0.3 is 12.1 Å². The van der Waals surface area contributed by atoms with Crippen LogP contribution in [0.3, 0.4) is 0 Å². The van der Waals surface area contributed by atoms with Gasteiger partial charge in [0.1, 0.15) is 10.4 Å². The molecular formula is C22H22ClF3N6O4S2. The van der Waals surface area contributed by atoms with Crippen molar-refractivity contribution in [2.75, 3.05) is 11.9 Å². The number of pyridine rings is 1. The molecule has 0 amide bonds. The summed E-state index contributed by atoms with van der Waals surface area (Å²) in [5, 5.41) is 15.3. The molecule has 0 atom stereocenters. The maximum absolute atomic E-state index is 13.1. The quantitative estimate of drug-likeness (QED) is 0.262. The van der Waals surface area contributed by atoms with Crippen molar-refractivity contribution in [1.82, 2.24) is 24.5 Å². The number of hydrogen-bond acceptors (Lipinski definition) is 8. The average molecular weight is 591 g/mol. The summed E-state index contributed by atoms with van der Waals surface area (Å²) in [5.74, 6) is -2.76. The summed E-state index contributed by atoms with van der Waals surface area (Å²) in [6.07, 6.45) is 0.930. The van der Waals surface area contributed by atoms with E-state index in [2.05, 4.69) is 25.1 Å². The number of fused-ring (bicyclic) bond motifs is 1. The number of nitrogens with zero attached hydrogens (tertiary/aromatic N) is 4. The number of rotatable bonds is 9. The Morgan fingerprint density at radius 1 is 1.21 bits per heavy atom. The summed E-state index contributed by atoms with van der Waals surface area (Å²) in [6.45, 7) is 3.36. The molecule has 38 heavy (non-hydrogen) atoms. The topological polar surface area (TPSA) is 139 Å². The number of sulfonamides is 1. The molecule has 16 heteroatoms. The van der Waals surface area contributed by atoms with Gasteiger partial charge in [-0.3, -0.25) is 9.67 Å². The van der Waals surface area contributed by atoms with E-state index in [1.54, 1.807) is 29.2 Å². The molecule has 0 bridgehead atoms. The molecule has 3 heterocycles. The van der Waals surface area contributed by atoms with Crippen molar-refractivity contribution in [3.63, 3.8) is 0 Å². The summed E-state index contributed by atoms with van der Waals surface area (Å²) in [7, 11) is -3.90. The minimum Gasteiger partial charge on any atom is -0.475 e. The summed E-state index contributed by atoms with van der Waals surface area (Å²) in [6, 6.07) is 9.00. The van der Waals surface area contributed by atoms with Crippen LogP contribution in [-0.2, 0) is 34.3 Å². The van der Waals surface area contributed by atoms with E-state index in [0.29, 0.717) is 29.4 Å². The Labute approximate surface area is 224 Å². The van der Waals surface area contributed by atoms with E-state index in [0.717, 1.165) is 16.7 Å². The van der Waals surface area contributed by atoms with Crippen LogP contribution in [0.1, 0.15) is 18.2 Å². The lowest BCUT2D eigenvalue weighted by Gasteiger charge is -2.10. The smallest absolute Gasteiger partial charge is 0.475 e. The zero-order valence-electron chi connectivity index (χ0n) is 19.7. The highest BCUT2D eigenvalue weighted by Crippen LogP contribution is 2.35. The Kier molecular flexibility index (Phi) is 9.65. The lowest BCUT2D eigenvalue weighted by molar-refractivity contribution is -0.192. The highest BCUT2D eigenvalue weighted by Gasteiger charge is 2.38. The molecule has 1 aromatic carbocycles. The SMILES string of the molecule is CCc1cccnc1CNS(=O)(=O)c1c(Cl)ccc2sc(NCCn3cccn3)nc12.O=C(O)C(F)(F)F. The summed E-state index contributed by atoms with van der Waals surface area (Å²) in [4.78, 5) is 17.7. The molecule has 0 unspecified atom stereocenters. The predicted molar refractivity (Wildman–Crippen MR) is 137 cm³/mol. The third-order valence-electron chi connectivity index (χ3n) is 4.95. The van der Waals surface area contributed by atoms with Crippen LogP contribution in [0.15, 0.2) is 53.8 Å². The second-order valence-electron chi connectivity index (χ2n) is 7.53. The monoisotopic (exact) mass is 590 g/mol. The van der Waals surface area contributed by atoms with Gasteiger partial charge < -0.3 is 10.4 Å². The van der Waals surface area contributed by atoms with Gasteiger partial charge in [0.25, 0.3) is 0 Å². The second-order valence-corrected chi connectivity index (χ2v) is 10.7. The molecule has 4 aromatic rings. The fraction of sp³-hybridized carbons (Fsp3) is 0.273. The number of halogens is 4. The van der Waals surface area contributed by atoms with E-state index < -0.39 is 22.2 Å². The normalized spacial score (nSPS) is 11.7. The third kappa shape index (κ3) is 7.63. The number of benzene rings is 1. The van der Waals surface area contributed by atoms with Crippen molar-refractivity contribution in [2.45, 2.75) is 37.5 Å². The first-order chi connectivity index (χ1) is 17.9. The number of aryl methyl sites for hydroxylation is 1. The molecule has 10 nitrogen and oxygen atoms in total.